The van der Waals surface area contributed by atoms with Crippen molar-refractivity contribution in [2.75, 3.05) is 5.32 Å². The predicted octanol–water partition coefficient (Wildman–Crippen LogP) is 3.97. The molecule has 0 saturated heterocycles. The van der Waals surface area contributed by atoms with E-state index in [9.17, 15) is 13.2 Å². The van der Waals surface area contributed by atoms with Gasteiger partial charge >= 0.3 is 0 Å². The first-order valence-electron chi connectivity index (χ1n) is 8.51. The molecule has 0 unspecified atom stereocenters. The average molecular weight is 401 g/mol. The van der Waals surface area contributed by atoms with Gasteiger partial charge in [0.15, 0.2) is 0 Å². The Hall–Kier alpha value is -2.48. The van der Waals surface area contributed by atoms with Crippen molar-refractivity contribution in [3.05, 3.63) is 83.2 Å². The molecule has 5 nitrogen and oxygen atoms in total. The summed E-state index contributed by atoms with van der Waals surface area (Å²) >= 11 is 1.11. The SMILES string of the molecule is CCc1ccccc1NC(=O)[C@H](NS(=O)(=O)c1cccs1)c1ccccc1. The number of hydrogen-bond donors (Lipinski definition) is 2. The third-order valence-electron chi connectivity index (χ3n) is 4.08. The van der Waals surface area contributed by atoms with Gasteiger partial charge in [-0.05, 0) is 35.1 Å². The van der Waals surface area contributed by atoms with E-state index in [1.807, 2.05) is 37.3 Å². The standard InChI is InChI=1S/C20H20N2O3S2/c1-2-15-9-6-7-12-17(15)21-20(23)19(16-10-4-3-5-11-16)22-27(24,25)18-13-8-14-26-18/h3-14,19,22H,2H2,1H3,(H,21,23)/t19-/m1/s1. The van der Waals surface area contributed by atoms with Gasteiger partial charge < -0.3 is 5.32 Å². The summed E-state index contributed by atoms with van der Waals surface area (Å²) in [6.07, 6.45) is 0.757. The van der Waals surface area contributed by atoms with E-state index >= 15 is 0 Å². The number of anilines is 1. The Bertz CT molecular complexity index is 1000. The Morgan fingerprint density at radius 1 is 1.00 bits per heavy atom. The summed E-state index contributed by atoms with van der Waals surface area (Å²) in [6, 6.07) is 18.4. The van der Waals surface area contributed by atoms with Crippen molar-refractivity contribution in [2.45, 2.75) is 23.6 Å². The van der Waals surface area contributed by atoms with Gasteiger partial charge in [0, 0.05) is 5.69 Å². The van der Waals surface area contributed by atoms with Crippen molar-refractivity contribution in [1.29, 1.82) is 0 Å². The van der Waals surface area contributed by atoms with Crippen LogP contribution in [-0.2, 0) is 21.2 Å². The maximum absolute atomic E-state index is 13.0. The minimum Gasteiger partial charge on any atom is -0.324 e. The molecule has 2 aromatic carbocycles. The van der Waals surface area contributed by atoms with Crippen molar-refractivity contribution in [3.8, 4) is 0 Å². The second-order valence-electron chi connectivity index (χ2n) is 5.90. The van der Waals surface area contributed by atoms with Crippen LogP contribution >= 0.6 is 11.3 Å². The van der Waals surface area contributed by atoms with Crippen LogP contribution < -0.4 is 10.0 Å². The number of carbonyl (C=O) groups excluding carboxylic acids is 1. The minimum atomic E-state index is -3.81. The Kier molecular flexibility index (Phi) is 6.05. The monoisotopic (exact) mass is 400 g/mol. The van der Waals surface area contributed by atoms with E-state index in [1.165, 1.54) is 6.07 Å². The lowest BCUT2D eigenvalue weighted by atomic mass is 10.1. The van der Waals surface area contributed by atoms with Crippen LogP contribution in [-0.4, -0.2) is 14.3 Å². The molecular formula is C20H20N2O3S2. The Labute approximate surface area is 163 Å². The minimum absolute atomic E-state index is 0.171. The molecule has 0 bridgehead atoms. The quantitative estimate of drug-likeness (QED) is 0.630. The van der Waals surface area contributed by atoms with E-state index in [0.29, 0.717) is 11.3 Å². The number of para-hydroxylation sites is 1. The topological polar surface area (TPSA) is 75.3 Å². The molecule has 1 atom stereocenters. The van der Waals surface area contributed by atoms with Gasteiger partial charge in [-0.2, -0.15) is 4.72 Å². The highest BCUT2D eigenvalue weighted by Gasteiger charge is 2.28. The van der Waals surface area contributed by atoms with Crippen LogP contribution in [0.5, 0.6) is 0 Å². The third-order valence-corrected chi connectivity index (χ3v) is 6.90. The highest BCUT2D eigenvalue weighted by molar-refractivity contribution is 7.91. The van der Waals surface area contributed by atoms with Gasteiger partial charge in [0.1, 0.15) is 10.3 Å². The number of sulfonamides is 1. The first kappa shape index (κ1) is 19.3. The fraction of sp³-hybridized carbons (Fsp3) is 0.150. The second kappa shape index (κ2) is 8.47. The Balaban J connectivity index is 1.92. The molecule has 0 aliphatic carbocycles. The largest absolute Gasteiger partial charge is 0.324 e. The zero-order valence-corrected chi connectivity index (χ0v) is 16.4. The van der Waals surface area contributed by atoms with Crippen molar-refractivity contribution in [1.82, 2.24) is 4.72 Å². The molecule has 3 rings (SSSR count). The van der Waals surface area contributed by atoms with Gasteiger partial charge in [-0.1, -0.05) is 61.5 Å². The molecule has 0 aliphatic rings. The van der Waals surface area contributed by atoms with E-state index in [-0.39, 0.29) is 4.21 Å². The molecule has 3 aromatic rings. The van der Waals surface area contributed by atoms with Crippen LogP contribution in [0.2, 0.25) is 0 Å². The lowest BCUT2D eigenvalue weighted by molar-refractivity contribution is -0.117. The van der Waals surface area contributed by atoms with Gasteiger partial charge in [0.25, 0.3) is 10.0 Å². The Morgan fingerprint density at radius 3 is 2.37 bits per heavy atom. The van der Waals surface area contributed by atoms with E-state index in [2.05, 4.69) is 10.0 Å². The van der Waals surface area contributed by atoms with Crippen LogP contribution in [0.25, 0.3) is 0 Å². The zero-order chi connectivity index (χ0) is 19.3. The van der Waals surface area contributed by atoms with Crippen molar-refractivity contribution >= 4 is 33.0 Å². The molecule has 1 aromatic heterocycles. The second-order valence-corrected chi connectivity index (χ2v) is 8.79. The van der Waals surface area contributed by atoms with E-state index in [4.69, 9.17) is 0 Å². The molecule has 0 fully saturated rings. The molecule has 7 heteroatoms. The summed E-state index contributed by atoms with van der Waals surface area (Å²) in [5, 5.41) is 4.55. The number of benzene rings is 2. The molecule has 0 saturated carbocycles. The smallest absolute Gasteiger partial charge is 0.251 e. The molecule has 0 radical (unpaired) electrons. The van der Waals surface area contributed by atoms with Crippen molar-refractivity contribution < 1.29 is 13.2 Å². The van der Waals surface area contributed by atoms with Crippen LogP contribution in [0.4, 0.5) is 5.69 Å². The highest BCUT2D eigenvalue weighted by atomic mass is 32.2. The van der Waals surface area contributed by atoms with E-state index in [0.717, 1.165) is 23.3 Å². The summed E-state index contributed by atoms with van der Waals surface area (Å²) in [4.78, 5) is 13.0. The summed E-state index contributed by atoms with van der Waals surface area (Å²) in [5.41, 5.74) is 2.24. The predicted molar refractivity (Wildman–Crippen MR) is 108 cm³/mol. The van der Waals surface area contributed by atoms with E-state index < -0.39 is 22.0 Å². The molecular weight excluding hydrogens is 380 g/mol. The first-order valence-corrected chi connectivity index (χ1v) is 10.9. The van der Waals surface area contributed by atoms with Gasteiger partial charge in [-0.15, -0.1) is 11.3 Å². The first-order chi connectivity index (χ1) is 13.0. The Morgan fingerprint density at radius 2 is 1.70 bits per heavy atom. The fourth-order valence-electron chi connectivity index (χ4n) is 2.70. The maximum Gasteiger partial charge on any atom is 0.251 e. The molecule has 0 spiro atoms. The van der Waals surface area contributed by atoms with Gasteiger partial charge in [0.2, 0.25) is 5.91 Å². The lowest BCUT2D eigenvalue weighted by Gasteiger charge is -2.19. The van der Waals surface area contributed by atoms with Gasteiger partial charge in [-0.25, -0.2) is 8.42 Å². The van der Waals surface area contributed by atoms with Gasteiger partial charge in [0.05, 0.1) is 0 Å². The molecule has 27 heavy (non-hydrogen) atoms. The van der Waals surface area contributed by atoms with Crippen LogP contribution in [0, 0.1) is 0 Å². The summed E-state index contributed by atoms with van der Waals surface area (Å²) in [5.74, 6) is -0.428. The van der Waals surface area contributed by atoms with Crippen molar-refractivity contribution in [3.63, 3.8) is 0 Å². The lowest BCUT2D eigenvalue weighted by Crippen LogP contribution is -2.36. The molecule has 0 aliphatic heterocycles. The highest BCUT2D eigenvalue weighted by Crippen LogP contribution is 2.23. The summed E-state index contributed by atoms with van der Waals surface area (Å²) in [6.45, 7) is 2.00. The number of amides is 1. The van der Waals surface area contributed by atoms with Crippen LogP contribution in [0.15, 0.2) is 76.3 Å². The van der Waals surface area contributed by atoms with Crippen LogP contribution in [0.1, 0.15) is 24.1 Å². The molecule has 1 heterocycles. The third kappa shape index (κ3) is 4.63. The number of hydrogen-bond acceptors (Lipinski definition) is 4. The molecule has 2 N–H and O–H groups in total. The molecule has 1 amide bonds. The number of nitrogens with one attached hydrogen (secondary N) is 2. The van der Waals surface area contributed by atoms with Crippen LogP contribution in [0.3, 0.4) is 0 Å². The van der Waals surface area contributed by atoms with Crippen molar-refractivity contribution in [2.24, 2.45) is 0 Å². The number of aryl methyl sites for hydroxylation is 1. The van der Waals surface area contributed by atoms with Gasteiger partial charge in [-0.3, -0.25) is 4.79 Å². The average Bonchev–Trinajstić information content (AvgIpc) is 3.23. The van der Waals surface area contributed by atoms with E-state index in [1.54, 1.807) is 35.7 Å². The molecule has 140 valence electrons. The zero-order valence-electron chi connectivity index (χ0n) is 14.8. The maximum atomic E-state index is 13.0. The fourth-order valence-corrected chi connectivity index (χ4v) is 4.90. The summed E-state index contributed by atoms with van der Waals surface area (Å²) < 4.78 is 28.1. The number of carbonyl (C=O) groups is 1. The normalized spacial score (nSPS) is 12.5. The summed E-state index contributed by atoms with van der Waals surface area (Å²) in [7, 11) is -3.81. The number of thiophene rings is 1. The number of rotatable bonds is 7.